The highest BCUT2D eigenvalue weighted by Crippen LogP contribution is 2.47. The van der Waals surface area contributed by atoms with E-state index in [0.717, 1.165) is 25.7 Å². The van der Waals surface area contributed by atoms with E-state index < -0.39 is 0 Å². The van der Waals surface area contributed by atoms with Crippen molar-refractivity contribution in [1.29, 1.82) is 0 Å². The first-order chi connectivity index (χ1) is 9.63. The van der Waals surface area contributed by atoms with E-state index in [-0.39, 0.29) is 17.1 Å². The molecule has 3 rings (SSSR count). The van der Waals surface area contributed by atoms with Crippen LogP contribution in [0.3, 0.4) is 0 Å². The van der Waals surface area contributed by atoms with E-state index in [1.54, 1.807) is 0 Å². The van der Waals surface area contributed by atoms with E-state index in [2.05, 4.69) is 24.3 Å². The molecule has 1 aromatic rings. The van der Waals surface area contributed by atoms with E-state index in [0.29, 0.717) is 18.4 Å². The van der Waals surface area contributed by atoms with Crippen LogP contribution in [0.1, 0.15) is 36.8 Å². The van der Waals surface area contributed by atoms with Crippen LogP contribution in [0.5, 0.6) is 0 Å². The molecule has 0 unspecified atom stereocenters. The highest BCUT2D eigenvalue weighted by atomic mass is 16.5. The molecule has 1 aromatic carbocycles. The third-order valence-electron chi connectivity index (χ3n) is 4.84. The quantitative estimate of drug-likeness (QED) is 0.798. The number of aliphatic hydroxyl groups is 1. The van der Waals surface area contributed by atoms with Crippen molar-refractivity contribution >= 4 is 5.97 Å². The Balaban J connectivity index is 1.84. The van der Waals surface area contributed by atoms with E-state index in [9.17, 15) is 9.90 Å². The van der Waals surface area contributed by atoms with Crippen LogP contribution in [-0.4, -0.2) is 18.2 Å². The maximum absolute atomic E-state index is 11.6. The van der Waals surface area contributed by atoms with Gasteiger partial charge in [-0.2, -0.15) is 0 Å². The number of benzene rings is 1. The number of aliphatic hydroxyl groups excluding tert-OH is 1. The first kappa shape index (κ1) is 13.2. The summed E-state index contributed by atoms with van der Waals surface area (Å²) >= 11 is 0. The summed E-state index contributed by atoms with van der Waals surface area (Å²) in [7, 11) is 1.36. The largest absolute Gasteiger partial charge is 0.512 e. The fourth-order valence-electron chi connectivity index (χ4n) is 3.66. The van der Waals surface area contributed by atoms with Crippen LogP contribution >= 0.6 is 0 Å². The first-order valence-corrected chi connectivity index (χ1v) is 7.20. The number of methoxy groups -OCH3 is 1. The summed E-state index contributed by atoms with van der Waals surface area (Å²) in [6.07, 6.45) is 5.34. The van der Waals surface area contributed by atoms with Gasteiger partial charge in [-0.1, -0.05) is 24.3 Å². The van der Waals surface area contributed by atoms with Gasteiger partial charge in [-0.15, -0.1) is 0 Å². The summed E-state index contributed by atoms with van der Waals surface area (Å²) in [5.41, 5.74) is 3.42. The van der Waals surface area contributed by atoms with Crippen molar-refractivity contribution in [1.82, 2.24) is 0 Å². The second-order valence-corrected chi connectivity index (χ2v) is 6.04. The molecule has 0 fully saturated rings. The van der Waals surface area contributed by atoms with Gasteiger partial charge < -0.3 is 9.84 Å². The van der Waals surface area contributed by atoms with Crippen LogP contribution in [0.25, 0.3) is 0 Å². The van der Waals surface area contributed by atoms with Gasteiger partial charge in [-0.3, -0.25) is 0 Å². The van der Waals surface area contributed by atoms with Gasteiger partial charge in [0.25, 0.3) is 0 Å². The Kier molecular flexibility index (Phi) is 3.28. The fraction of sp³-hybridized carbons (Fsp3) is 0.471. The smallest absolute Gasteiger partial charge is 0.337 e. The second-order valence-electron chi connectivity index (χ2n) is 6.04. The standard InChI is InChI=1S/C17H20O3/c1-20-16(19)14-7-9-17(11-15(14)18)8-6-12-4-2-3-5-13(12)10-17/h2-5,18H,6-11H2,1H3/t17-/m1/s1. The van der Waals surface area contributed by atoms with Crippen LogP contribution in [0.4, 0.5) is 0 Å². The molecule has 1 spiro atoms. The number of aryl methyl sites for hydroxylation is 1. The lowest BCUT2D eigenvalue weighted by Gasteiger charge is -2.41. The van der Waals surface area contributed by atoms with Gasteiger partial charge >= 0.3 is 5.97 Å². The van der Waals surface area contributed by atoms with Crippen molar-refractivity contribution < 1.29 is 14.6 Å². The molecule has 0 heterocycles. The summed E-state index contributed by atoms with van der Waals surface area (Å²) in [4.78, 5) is 11.6. The number of carbonyl (C=O) groups excluding carboxylic acids is 1. The maximum Gasteiger partial charge on any atom is 0.337 e. The SMILES string of the molecule is COC(=O)C1=C(O)C[C@@]2(CC1)CCc1ccccc1C2. The summed E-state index contributed by atoms with van der Waals surface area (Å²) in [5.74, 6) is -0.143. The highest BCUT2D eigenvalue weighted by Gasteiger charge is 2.39. The molecule has 0 saturated heterocycles. The summed E-state index contributed by atoms with van der Waals surface area (Å²) in [6, 6.07) is 8.55. The number of esters is 1. The summed E-state index contributed by atoms with van der Waals surface area (Å²) in [6.45, 7) is 0. The Labute approximate surface area is 119 Å². The van der Waals surface area contributed by atoms with E-state index in [1.807, 2.05) is 0 Å². The van der Waals surface area contributed by atoms with Crippen molar-refractivity contribution in [2.75, 3.05) is 7.11 Å². The number of hydrogen-bond acceptors (Lipinski definition) is 3. The van der Waals surface area contributed by atoms with Crippen LogP contribution in [0, 0.1) is 5.41 Å². The zero-order valence-corrected chi connectivity index (χ0v) is 11.8. The van der Waals surface area contributed by atoms with Gasteiger partial charge in [-0.25, -0.2) is 4.79 Å². The topological polar surface area (TPSA) is 46.5 Å². The highest BCUT2D eigenvalue weighted by molar-refractivity contribution is 5.89. The van der Waals surface area contributed by atoms with Gasteiger partial charge in [0.1, 0.15) is 5.76 Å². The van der Waals surface area contributed by atoms with Gasteiger partial charge in [0.2, 0.25) is 0 Å². The molecule has 1 atom stereocenters. The predicted molar refractivity (Wildman–Crippen MR) is 76.4 cm³/mol. The van der Waals surface area contributed by atoms with E-state index >= 15 is 0 Å². The molecule has 0 bridgehead atoms. The normalized spacial score (nSPS) is 25.4. The number of hydrogen-bond donors (Lipinski definition) is 1. The Morgan fingerprint density at radius 2 is 1.85 bits per heavy atom. The van der Waals surface area contributed by atoms with Crippen molar-refractivity contribution in [2.24, 2.45) is 5.41 Å². The lowest BCUT2D eigenvalue weighted by molar-refractivity contribution is -0.136. The van der Waals surface area contributed by atoms with Crippen LogP contribution in [0.2, 0.25) is 0 Å². The zero-order valence-electron chi connectivity index (χ0n) is 11.8. The van der Waals surface area contributed by atoms with E-state index in [1.165, 1.54) is 18.2 Å². The third-order valence-corrected chi connectivity index (χ3v) is 4.84. The minimum Gasteiger partial charge on any atom is -0.512 e. The summed E-state index contributed by atoms with van der Waals surface area (Å²) in [5, 5.41) is 10.2. The number of carbonyl (C=O) groups is 1. The third kappa shape index (κ3) is 2.21. The lowest BCUT2D eigenvalue weighted by atomic mass is 9.64. The monoisotopic (exact) mass is 272 g/mol. The summed E-state index contributed by atoms with van der Waals surface area (Å²) < 4.78 is 4.74. The molecule has 0 radical (unpaired) electrons. The van der Waals surface area contributed by atoms with Crippen molar-refractivity contribution in [3.63, 3.8) is 0 Å². The predicted octanol–water partition coefficient (Wildman–Crippen LogP) is 3.33. The van der Waals surface area contributed by atoms with Gasteiger partial charge in [0, 0.05) is 6.42 Å². The van der Waals surface area contributed by atoms with Crippen molar-refractivity contribution in [3.05, 3.63) is 46.7 Å². The van der Waals surface area contributed by atoms with Crippen molar-refractivity contribution in [2.45, 2.75) is 38.5 Å². The minimum atomic E-state index is -0.381. The maximum atomic E-state index is 11.6. The Morgan fingerprint density at radius 1 is 1.15 bits per heavy atom. The number of allylic oxidation sites excluding steroid dienone is 1. The second kappa shape index (κ2) is 4.97. The molecule has 0 saturated carbocycles. The Bertz CT molecular complexity index is 573. The molecule has 0 amide bonds. The van der Waals surface area contributed by atoms with E-state index in [4.69, 9.17) is 4.74 Å². The van der Waals surface area contributed by atoms with Gasteiger partial charge in [0.05, 0.1) is 12.7 Å². The molecular weight excluding hydrogens is 252 g/mol. The molecule has 3 heteroatoms. The molecule has 106 valence electrons. The first-order valence-electron chi connectivity index (χ1n) is 7.20. The fourth-order valence-corrected chi connectivity index (χ4v) is 3.66. The molecule has 1 N–H and O–H groups in total. The molecule has 0 aliphatic heterocycles. The van der Waals surface area contributed by atoms with Crippen LogP contribution in [-0.2, 0) is 22.4 Å². The van der Waals surface area contributed by atoms with Crippen LogP contribution in [0.15, 0.2) is 35.6 Å². The molecular formula is C17H20O3. The van der Waals surface area contributed by atoms with Crippen LogP contribution < -0.4 is 0 Å². The number of rotatable bonds is 1. The molecule has 0 aromatic heterocycles. The average molecular weight is 272 g/mol. The molecule has 3 nitrogen and oxygen atoms in total. The van der Waals surface area contributed by atoms with Crippen molar-refractivity contribution in [3.8, 4) is 0 Å². The number of fused-ring (bicyclic) bond motifs is 1. The molecule has 2 aliphatic rings. The zero-order chi connectivity index (χ0) is 14.2. The molecule has 2 aliphatic carbocycles. The number of ether oxygens (including phenoxy) is 1. The average Bonchev–Trinajstić information content (AvgIpc) is 2.46. The lowest BCUT2D eigenvalue weighted by Crippen LogP contribution is -2.33. The Morgan fingerprint density at radius 3 is 2.55 bits per heavy atom. The Hall–Kier alpha value is -1.77. The van der Waals surface area contributed by atoms with Gasteiger partial charge in [0.15, 0.2) is 0 Å². The van der Waals surface area contributed by atoms with Gasteiger partial charge in [-0.05, 0) is 48.6 Å². The molecule has 20 heavy (non-hydrogen) atoms. The minimum absolute atomic E-state index is 0.121.